The summed E-state index contributed by atoms with van der Waals surface area (Å²) in [7, 11) is -8.68. The SMILES string of the molecule is CCN(CCOS(=O)(=O)O)S(=O)(=O)c1ccc(N)c(Cl)c1Cl. The van der Waals surface area contributed by atoms with E-state index in [0.29, 0.717) is 0 Å². The first-order valence-corrected chi connectivity index (χ1v) is 9.42. The van der Waals surface area contributed by atoms with E-state index in [4.69, 9.17) is 33.5 Å². The molecule has 12 heteroatoms. The van der Waals surface area contributed by atoms with E-state index in [9.17, 15) is 16.8 Å². The van der Waals surface area contributed by atoms with Gasteiger partial charge >= 0.3 is 10.4 Å². The first-order chi connectivity index (χ1) is 10.0. The summed E-state index contributed by atoms with van der Waals surface area (Å²) in [5.74, 6) is 0. The minimum atomic E-state index is -4.64. The van der Waals surface area contributed by atoms with Gasteiger partial charge in [0.1, 0.15) is 4.90 Å². The molecule has 0 radical (unpaired) electrons. The van der Waals surface area contributed by atoms with Gasteiger partial charge in [-0.2, -0.15) is 12.7 Å². The van der Waals surface area contributed by atoms with Crippen LogP contribution in [0, 0.1) is 0 Å². The fourth-order valence-electron chi connectivity index (χ4n) is 1.58. The highest BCUT2D eigenvalue weighted by molar-refractivity contribution is 7.89. The molecule has 3 N–H and O–H groups in total. The number of hydrogen-bond donors (Lipinski definition) is 2. The lowest BCUT2D eigenvalue weighted by Crippen LogP contribution is -2.34. The number of rotatable bonds is 7. The predicted octanol–water partition coefficient (Wildman–Crippen LogP) is 1.41. The monoisotopic (exact) mass is 392 g/mol. The van der Waals surface area contributed by atoms with Crippen LogP contribution in [0.4, 0.5) is 5.69 Å². The minimum Gasteiger partial charge on any atom is -0.397 e. The molecule has 0 bridgehead atoms. The van der Waals surface area contributed by atoms with Crippen LogP contribution in [-0.2, 0) is 24.6 Å². The van der Waals surface area contributed by atoms with Crippen molar-refractivity contribution in [3.8, 4) is 0 Å². The number of halogens is 2. The van der Waals surface area contributed by atoms with Crippen LogP contribution < -0.4 is 5.73 Å². The highest BCUT2D eigenvalue weighted by atomic mass is 35.5. The van der Waals surface area contributed by atoms with Gasteiger partial charge in [0.2, 0.25) is 10.0 Å². The molecule has 0 aliphatic carbocycles. The molecule has 0 saturated carbocycles. The lowest BCUT2D eigenvalue weighted by molar-refractivity contribution is 0.245. The summed E-state index contributed by atoms with van der Waals surface area (Å²) in [6.07, 6.45) is 0. The Morgan fingerprint density at radius 1 is 1.23 bits per heavy atom. The van der Waals surface area contributed by atoms with Gasteiger partial charge in [0.05, 0.1) is 22.3 Å². The number of benzene rings is 1. The van der Waals surface area contributed by atoms with Gasteiger partial charge in [-0.05, 0) is 12.1 Å². The van der Waals surface area contributed by atoms with Crippen molar-refractivity contribution in [3.05, 3.63) is 22.2 Å². The van der Waals surface area contributed by atoms with E-state index in [0.717, 1.165) is 4.31 Å². The van der Waals surface area contributed by atoms with Crippen molar-refractivity contribution in [1.29, 1.82) is 0 Å². The normalized spacial score (nSPS) is 12.8. The molecule has 0 atom stereocenters. The summed E-state index contributed by atoms with van der Waals surface area (Å²) in [4.78, 5) is -0.262. The molecule has 1 rings (SSSR count). The van der Waals surface area contributed by atoms with Gasteiger partial charge in [0.25, 0.3) is 0 Å². The maximum absolute atomic E-state index is 12.5. The van der Waals surface area contributed by atoms with Crippen LogP contribution >= 0.6 is 23.2 Å². The molecule has 0 aromatic heterocycles. The van der Waals surface area contributed by atoms with Crippen LogP contribution in [-0.4, -0.2) is 45.4 Å². The summed E-state index contributed by atoms with van der Waals surface area (Å²) in [6, 6.07) is 2.49. The standard InChI is InChI=1S/C10H14Cl2N2O6S2/c1-2-14(5-6-20-22(17,18)19)21(15,16)8-4-3-7(13)9(11)10(8)12/h3-4H,2,5-6,13H2,1H3,(H,17,18,19). The van der Waals surface area contributed by atoms with E-state index >= 15 is 0 Å². The van der Waals surface area contributed by atoms with Crippen LogP contribution in [0.25, 0.3) is 0 Å². The third kappa shape index (κ3) is 4.69. The van der Waals surface area contributed by atoms with Crippen molar-refractivity contribution in [1.82, 2.24) is 4.31 Å². The minimum absolute atomic E-state index is 0.0233. The lowest BCUT2D eigenvalue weighted by Gasteiger charge is -2.21. The molecule has 1 aromatic rings. The van der Waals surface area contributed by atoms with E-state index in [2.05, 4.69) is 4.18 Å². The summed E-state index contributed by atoms with van der Waals surface area (Å²) in [5, 5.41) is -0.316. The number of nitrogens with zero attached hydrogens (tertiary/aromatic N) is 1. The van der Waals surface area contributed by atoms with Gasteiger partial charge < -0.3 is 5.73 Å². The Morgan fingerprint density at radius 2 is 1.82 bits per heavy atom. The molecule has 0 heterocycles. The second-order valence-corrected chi connectivity index (χ2v) is 7.78. The Hall–Kier alpha value is -0.620. The third-order valence-electron chi connectivity index (χ3n) is 2.62. The highest BCUT2D eigenvalue weighted by Gasteiger charge is 2.27. The third-order valence-corrected chi connectivity index (χ3v) is 6.11. The number of nitrogen functional groups attached to an aromatic ring is 1. The number of hydrogen-bond acceptors (Lipinski definition) is 6. The zero-order valence-corrected chi connectivity index (χ0v) is 14.5. The molecule has 8 nitrogen and oxygen atoms in total. The molecule has 22 heavy (non-hydrogen) atoms. The van der Waals surface area contributed by atoms with Gasteiger partial charge in [-0.15, -0.1) is 0 Å². The average Bonchev–Trinajstić information content (AvgIpc) is 2.39. The molecule has 0 aliphatic rings. The quantitative estimate of drug-likeness (QED) is 0.530. The molecule has 0 amide bonds. The van der Waals surface area contributed by atoms with E-state index < -0.39 is 27.0 Å². The van der Waals surface area contributed by atoms with E-state index in [-0.39, 0.29) is 33.7 Å². The molecular weight excluding hydrogens is 379 g/mol. The van der Waals surface area contributed by atoms with Crippen molar-refractivity contribution in [2.75, 3.05) is 25.4 Å². The average molecular weight is 393 g/mol. The molecule has 0 saturated heterocycles. The number of nitrogens with two attached hydrogens (primary N) is 1. The molecule has 126 valence electrons. The van der Waals surface area contributed by atoms with Crippen LogP contribution in [0.5, 0.6) is 0 Å². The van der Waals surface area contributed by atoms with Crippen molar-refractivity contribution in [3.63, 3.8) is 0 Å². The Kier molecular flexibility index (Phi) is 6.45. The van der Waals surface area contributed by atoms with Crippen molar-refractivity contribution < 1.29 is 25.6 Å². The van der Waals surface area contributed by atoms with E-state index in [1.54, 1.807) is 0 Å². The summed E-state index contributed by atoms with van der Waals surface area (Å²) in [5.41, 5.74) is 5.66. The lowest BCUT2D eigenvalue weighted by atomic mass is 10.3. The van der Waals surface area contributed by atoms with Crippen molar-refractivity contribution >= 4 is 49.3 Å². The smallest absolute Gasteiger partial charge is 0.397 e. The topological polar surface area (TPSA) is 127 Å². The van der Waals surface area contributed by atoms with Gasteiger partial charge in [-0.25, -0.2) is 12.6 Å². The van der Waals surface area contributed by atoms with Crippen molar-refractivity contribution in [2.45, 2.75) is 11.8 Å². The van der Waals surface area contributed by atoms with E-state index in [1.165, 1.54) is 19.1 Å². The molecular formula is C10H14Cl2N2O6S2. The number of likely N-dealkylation sites (N-methyl/N-ethyl adjacent to an activating group) is 1. The molecule has 0 aliphatic heterocycles. The fraction of sp³-hybridized carbons (Fsp3) is 0.400. The fourth-order valence-corrected chi connectivity index (χ4v) is 4.05. The van der Waals surface area contributed by atoms with E-state index in [1.807, 2.05) is 0 Å². The Labute approximate surface area is 138 Å². The largest absolute Gasteiger partial charge is 0.397 e. The Morgan fingerprint density at radius 3 is 2.32 bits per heavy atom. The Bertz CT molecular complexity index is 751. The number of anilines is 1. The van der Waals surface area contributed by atoms with Gasteiger partial charge in [0, 0.05) is 13.1 Å². The maximum Gasteiger partial charge on any atom is 0.397 e. The second-order valence-electron chi connectivity index (χ2n) is 4.03. The van der Waals surface area contributed by atoms with Gasteiger partial charge in [0.15, 0.2) is 0 Å². The van der Waals surface area contributed by atoms with Crippen LogP contribution in [0.1, 0.15) is 6.92 Å². The molecule has 0 unspecified atom stereocenters. The van der Waals surface area contributed by atoms with Gasteiger partial charge in [-0.1, -0.05) is 30.1 Å². The summed E-state index contributed by atoms with van der Waals surface area (Å²) in [6.45, 7) is 0.705. The van der Waals surface area contributed by atoms with Crippen LogP contribution in [0.2, 0.25) is 10.0 Å². The summed E-state index contributed by atoms with van der Waals surface area (Å²) >= 11 is 11.7. The zero-order valence-electron chi connectivity index (χ0n) is 11.4. The first kappa shape index (κ1) is 19.4. The highest BCUT2D eigenvalue weighted by Crippen LogP contribution is 2.34. The van der Waals surface area contributed by atoms with Crippen LogP contribution in [0.15, 0.2) is 17.0 Å². The second kappa shape index (κ2) is 7.30. The van der Waals surface area contributed by atoms with Gasteiger partial charge in [-0.3, -0.25) is 4.55 Å². The first-order valence-electron chi connectivity index (χ1n) is 5.86. The summed E-state index contributed by atoms with van der Waals surface area (Å²) < 4.78 is 59.4. The molecule has 0 fully saturated rings. The maximum atomic E-state index is 12.5. The Balaban J connectivity index is 3.08. The molecule has 1 aromatic carbocycles. The predicted molar refractivity (Wildman–Crippen MR) is 82.8 cm³/mol. The number of sulfonamides is 1. The zero-order chi connectivity index (χ0) is 17.1. The molecule has 0 spiro atoms. The van der Waals surface area contributed by atoms with Crippen molar-refractivity contribution in [2.24, 2.45) is 0 Å². The van der Waals surface area contributed by atoms with Crippen LogP contribution in [0.3, 0.4) is 0 Å².